The molecule has 0 amide bonds. The van der Waals surface area contributed by atoms with Gasteiger partial charge < -0.3 is 4.74 Å². The number of rotatable bonds is 4. The molecule has 0 heterocycles. The predicted molar refractivity (Wildman–Crippen MR) is 86.5 cm³/mol. The maximum atomic E-state index is 14.3. The van der Waals surface area contributed by atoms with Gasteiger partial charge in [-0.2, -0.15) is 27.0 Å². The van der Waals surface area contributed by atoms with Gasteiger partial charge in [-0.05, 0) is 42.4 Å². The summed E-state index contributed by atoms with van der Waals surface area (Å²) >= 11 is 0. The van der Waals surface area contributed by atoms with Crippen LogP contribution < -0.4 is 4.74 Å². The minimum Gasteiger partial charge on any atom is -0.455 e. The number of halogens is 4. The molecule has 0 saturated heterocycles. The number of hydrogen-bond acceptors (Lipinski definition) is 1. The Hall–Kier alpha value is -0.936. The van der Waals surface area contributed by atoms with Gasteiger partial charge in [0.15, 0.2) is 0 Å². The molecule has 0 unspecified atom stereocenters. The van der Waals surface area contributed by atoms with Crippen LogP contribution in [0.5, 0.6) is 5.75 Å². The SMILES string of the molecule is CC1CCC(c2cc(F)c(C(F)(F)Oc3cc[c-]cc3)c(F)c2)CC1.[Y]. The molecular weight excluding hydrogens is 421 g/mol. The quantitative estimate of drug-likeness (QED) is 0.407. The fourth-order valence-corrected chi connectivity index (χ4v) is 3.34. The average molecular weight is 440 g/mol. The number of benzene rings is 2. The Morgan fingerprint density at radius 2 is 1.54 bits per heavy atom. The molecule has 1 fully saturated rings. The van der Waals surface area contributed by atoms with Crippen molar-refractivity contribution in [3.8, 4) is 5.75 Å². The van der Waals surface area contributed by atoms with E-state index in [0.29, 0.717) is 11.5 Å². The molecule has 0 aromatic heterocycles. The molecule has 2 aromatic rings. The van der Waals surface area contributed by atoms with Gasteiger partial charge in [-0.3, -0.25) is 0 Å². The molecule has 0 spiro atoms. The fourth-order valence-electron chi connectivity index (χ4n) is 3.34. The van der Waals surface area contributed by atoms with E-state index in [9.17, 15) is 17.6 Å². The minimum atomic E-state index is -4.10. The van der Waals surface area contributed by atoms with Crippen molar-refractivity contribution in [1.82, 2.24) is 0 Å². The summed E-state index contributed by atoms with van der Waals surface area (Å²) in [6.45, 7) is 2.14. The van der Waals surface area contributed by atoms with Crippen LogP contribution in [0.1, 0.15) is 49.7 Å². The zero-order chi connectivity index (χ0) is 18.0. The van der Waals surface area contributed by atoms with Gasteiger partial charge in [0, 0.05) is 38.5 Å². The van der Waals surface area contributed by atoms with Crippen molar-refractivity contribution < 1.29 is 55.0 Å². The summed E-state index contributed by atoms with van der Waals surface area (Å²) in [5.74, 6) is -2.14. The van der Waals surface area contributed by atoms with Crippen LogP contribution in [0.25, 0.3) is 0 Å². The van der Waals surface area contributed by atoms with Gasteiger partial charge >= 0.3 is 6.11 Å². The molecule has 0 N–H and O–H groups in total. The first-order valence-electron chi connectivity index (χ1n) is 8.39. The van der Waals surface area contributed by atoms with Crippen molar-refractivity contribution in [3.05, 3.63) is 65.2 Å². The monoisotopic (exact) mass is 440 g/mol. The second kappa shape index (κ2) is 8.83. The Kier molecular flexibility index (Phi) is 7.26. The molecule has 1 nitrogen and oxygen atoms in total. The molecule has 1 aliphatic rings. The van der Waals surface area contributed by atoms with Gasteiger partial charge in [0.2, 0.25) is 0 Å². The van der Waals surface area contributed by atoms with E-state index < -0.39 is 23.3 Å². The van der Waals surface area contributed by atoms with Crippen LogP contribution in [-0.4, -0.2) is 0 Å². The fraction of sp³-hybridized carbons (Fsp3) is 0.400. The molecule has 1 saturated carbocycles. The van der Waals surface area contributed by atoms with Crippen molar-refractivity contribution in [2.45, 2.75) is 44.6 Å². The summed E-state index contributed by atoms with van der Waals surface area (Å²) in [5.41, 5.74) is -0.913. The summed E-state index contributed by atoms with van der Waals surface area (Å²) in [5, 5.41) is 0. The first kappa shape index (κ1) is 21.4. The Morgan fingerprint density at radius 1 is 1.00 bits per heavy atom. The minimum absolute atomic E-state index is 0. The molecule has 3 rings (SSSR count). The number of hydrogen-bond donors (Lipinski definition) is 0. The summed E-state index contributed by atoms with van der Waals surface area (Å²) in [4.78, 5) is 0. The van der Waals surface area contributed by atoms with E-state index in [4.69, 9.17) is 0 Å². The van der Waals surface area contributed by atoms with E-state index in [1.807, 2.05) is 0 Å². The Balaban J connectivity index is 0.00000243. The van der Waals surface area contributed by atoms with Gasteiger partial charge in [-0.25, -0.2) is 8.78 Å². The Labute approximate surface area is 176 Å². The van der Waals surface area contributed by atoms with Crippen LogP contribution >= 0.6 is 0 Å². The van der Waals surface area contributed by atoms with E-state index in [2.05, 4.69) is 17.7 Å². The molecule has 26 heavy (non-hydrogen) atoms. The van der Waals surface area contributed by atoms with Crippen LogP contribution in [-0.2, 0) is 38.8 Å². The van der Waals surface area contributed by atoms with Gasteiger partial charge in [0.25, 0.3) is 0 Å². The molecule has 1 aliphatic carbocycles. The second-order valence-corrected chi connectivity index (χ2v) is 6.67. The van der Waals surface area contributed by atoms with Crippen LogP contribution in [0.2, 0.25) is 0 Å². The summed E-state index contributed by atoms with van der Waals surface area (Å²) in [6, 6.07) is 9.96. The average Bonchev–Trinajstić information content (AvgIpc) is 2.55. The van der Waals surface area contributed by atoms with E-state index in [1.54, 1.807) is 0 Å². The van der Waals surface area contributed by atoms with E-state index in [0.717, 1.165) is 37.8 Å². The first-order chi connectivity index (χ1) is 11.9. The third-order valence-electron chi connectivity index (χ3n) is 4.78. The van der Waals surface area contributed by atoms with Crippen molar-refractivity contribution >= 4 is 0 Å². The Bertz CT molecular complexity index is 705. The molecule has 2 aromatic carbocycles. The van der Waals surface area contributed by atoms with E-state index >= 15 is 0 Å². The van der Waals surface area contributed by atoms with E-state index in [1.165, 1.54) is 24.3 Å². The third-order valence-corrected chi connectivity index (χ3v) is 4.78. The molecule has 137 valence electrons. The Morgan fingerprint density at radius 3 is 2.08 bits per heavy atom. The smallest absolute Gasteiger partial charge is 0.430 e. The van der Waals surface area contributed by atoms with Crippen molar-refractivity contribution in [2.24, 2.45) is 5.92 Å². The number of alkyl halides is 2. The predicted octanol–water partition coefficient (Wildman–Crippen LogP) is 6.18. The zero-order valence-corrected chi connectivity index (χ0v) is 17.3. The van der Waals surface area contributed by atoms with Gasteiger partial charge in [-0.1, -0.05) is 19.8 Å². The van der Waals surface area contributed by atoms with Gasteiger partial charge in [0.1, 0.15) is 17.2 Å². The van der Waals surface area contributed by atoms with E-state index in [-0.39, 0.29) is 44.4 Å². The molecule has 6 heteroatoms. The molecule has 0 atom stereocenters. The normalized spacial score (nSPS) is 20.3. The van der Waals surface area contributed by atoms with Crippen molar-refractivity contribution in [3.63, 3.8) is 0 Å². The maximum absolute atomic E-state index is 14.3. The topological polar surface area (TPSA) is 9.23 Å². The summed E-state index contributed by atoms with van der Waals surface area (Å²) in [7, 11) is 0. The zero-order valence-electron chi connectivity index (χ0n) is 14.4. The van der Waals surface area contributed by atoms with Crippen LogP contribution in [0, 0.1) is 23.6 Å². The van der Waals surface area contributed by atoms with Crippen LogP contribution in [0.3, 0.4) is 0 Å². The van der Waals surface area contributed by atoms with Gasteiger partial charge in [-0.15, -0.1) is 12.1 Å². The third kappa shape index (κ3) is 4.86. The standard InChI is InChI=1S/C20H19F4O.Y/c1-13-7-9-14(10-8-13)15-11-17(21)19(18(22)12-15)20(23,24)25-16-5-3-2-4-6-16;/h3-6,11-14H,7-10H2,1H3;/q-1;. The molecular formula is C20H19F4OY-. The summed E-state index contributed by atoms with van der Waals surface area (Å²) < 4.78 is 61.7. The summed E-state index contributed by atoms with van der Waals surface area (Å²) in [6.07, 6.45) is -0.533. The molecule has 0 bridgehead atoms. The number of ether oxygens (including phenoxy) is 1. The van der Waals surface area contributed by atoms with Crippen LogP contribution in [0.15, 0.2) is 36.4 Å². The first-order valence-corrected chi connectivity index (χ1v) is 8.39. The van der Waals surface area contributed by atoms with Crippen molar-refractivity contribution in [2.75, 3.05) is 0 Å². The second-order valence-electron chi connectivity index (χ2n) is 6.67. The maximum Gasteiger partial charge on any atom is 0.430 e. The van der Waals surface area contributed by atoms with Crippen LogP contribution in [0.4, 0.5) is 17.6 Å². The molecule has 1 radical (unpaired) electrons. The molecule has 0 aliphatic heterocycles. The largest absolute Gasteiger partial charge is 0.455 e. The van der Waals surface area contributed by atoms with Gasteiger partial charge in [0.05, 0.1) is 0 Å². The van der Waals surface area contributed by atoms with Crippen molar-refractivity contribution in [1.29, 1.82) is 0 Å².